The first-order valence-electron chi connectivity index (χ1n) is 10.2. The van der Waals surface area contributed by atoms with Crippen LogP contribution in [0.15, 0.2) is 34.9 Å². The van der Waals surface area contributed by atoms with Crippen LogP contribution >= 0.6 is 24.8 Å². The van der Waals surface area contributed by atoms with Gasteiger partial charge in [-0.1, -0.05) is 6.07 Å². The first-order chi connectivity index (χ1) is 15.0. The minimum atomic E-state index is -1.85. The number of hydrogen-bond donors (Lipinski definition) is 1. The second-order valence-corrected chi connectivity index (χ2v) is 7.89. The van der Waals surface area contributed by atoms with Gasteiger partial charge in [0, 0.05) is 61.1 Å². The summed E-state index contributed by atoms with van der Waals surface area (Å²) in [4.78, 5) is 7.78. The Kier molecular flexibility index (Phi) is 7.51. The molecule has 4 nitrogen and oxygen atoms in total. The smallest absolute Gasteiger partial charge is 0.205 e. The van der Waals surface area contributed by atoms with Crippen molar-refractivity contribution in [2.24, 2.45) is 0 Å². The van der Waals surface area contributed by atoms with Crippen molar-refractivity contribution in [3.05, 3.63) is 65.1 Å². The summed E-state index contributed by atoms with van der Waals surface area (Å²) in [6.07, 6.45) is 2.28. The van der Waals surface area contributed by atoms with Gasteiger partial charge in [-0.2, -0.15) is 4.39 Å². The van der Waals surface area contributed by atoms with Crippen molar-refractivity contribution < 1.29 is 22.0 Å². The van der Waals surface area contributed by atoms with Crippen LogP contribution in [0.1, 0.15) is 11.3 Å². The predicted molar refractivity (Wildman–Crippen MR) is 126 cm³/mol. The molecule has 0 saturated carbocycles. The van der Waals surface area contributed by atoms with Crippen LogP contribution < -0.4 is 4.90 Å². The van der Waals surface area contributed by atoms with Gasteiger partial charge in [-0.05, 0) is 31.5 Å². The molecule has 33 heavy (non-hydrogen) atoms. The summed E-state index contributed by atoms with van der Waals surface area (Å²) in [7, 11) is 0. The summed E-state index contributed by atoms with van der Waals surface area (Å²) in [6, 6.07) is 8.25. The highest BCUT2D eigenvalue weighted by Gasteiger charge is 2.27. The molecule has 0 unspecified atom stereocenters. The van der Waals surface area contributed by atoms with Gasteiger partial charge >= 0.3 is 0 Å². The van der Waals surface area contributed by atoms with Crippen LogP contribution in [0.5, 0.6) is 0 Å². The maximum Gasteiger partial charge on any atom is 0.205 e. The van der Waals surface area contributed by atoms with Crippen LogP contribution in [0.4, 0.5) is 23.2 Å². The van der Waals surface area contributed by atoms with E-state index in [-0.39, 0.29) is 36.0 Å². The van der Waals surface area contributed by atoms with Gasteiger partial charge < -0.3 is 14.3 Å². The van der Waals surface area contributed by atoms with Gasteiger partial charge in [0.15, 0.2) is 17.2 Å². The molecule has 2 aromatic heterocycles. The molecule has 3 heterocycles. The number of nitrogens with one attached hydrogen (secondary N) is 1. The summed E-state index contributed by atoms with van der Waals surface area (Å²) < 4.78 is 60.9. The Balaban J connectivity index is 0.00000153. The van der Waals surface area contributed by atoms with Crippen LogP contribution in [0.25, 0.3) is 21.9 Å². The second kappa shape index (κ2) is 9.83. The van der Waals surface area contributed by atoms with E-state index < -0.39 is 28.9 Å². The first-order valence-corrected chi connectivity index (χ1v) is 10.2. The lowest BCUT2D eigenvalue weighted by molar-refractivity contribution is 0.261. The molecule has 178 valence electrons. The molecule has 0 bridgehead atoms. The second-order valence-electron chi connectivity index (χ2n) is 7.89. The standard InChI is InChI=1S/C23H21F4N3O.2ClH/c1-13-14(18-19(24)20(25)21(26)22(27)23(18)31-13)6-8-29-9-11-30(12-10-29)17-4-2-3-16-15(17)5-7-28-16;;/h2-5,7,28H,6,8-12H2,1H3;2*1H. The molecule has 5 rings (SSSR count). The molecule has 4 aromatic rings. The Morgan fingerprint density at radius 1 is 0.909 bits per heavy atom. The lowest BCUT2D eigenvalue weighted by atomic mass is 10.1. The maximum absolute atomic E-state index is 14.4. The van der Waals surface area contributed by atoms with Gasteiger partial charge in [0.2, 0.25) is 11.6 Å². The van der Waals surface area contributed by atoms with E-state index in [1.54, 1.807) is 6.92 Å². The molecule has 0 radical (unpaired) electrons. The maximum atomic E-state index is 14.4. The minimum absolute atomic E-state index is 0. The van der Waals surface area contributed by atoms with E-state index in [0.717, 1.165) is 31.7 Å². The van der Waals surface area contributed by atoms with E-state index in [9.17, 15) is 17.6 Å². The summed E-state index contributed by atoms with van der Waals surface area (Å²) in [5.41, 5.74) is 2.10. The molecule has 10 heteroatoms. The summed E-state index contributed by atoms with van der Waals surface area (Å²) in [5.74, 6) is -6.27. The number of fused-ring (bicyclic) bond motifs is 2. The van der Waals surface area contributed by atoms with Gasteiger partial charge in [0.05, 0.1) is 5.39 Å². The number of aryl methyl sites for hydroxylation is 1. The summed E-state index contributed by atoms with van der Waals surface area (Å²) in [5, 5.41) is 0.884. The van der Waals surface area contributed by atoms with Crippen molar-refractivity contribution in [2.45, 2.75) is 13.3 Å². The molecule has 2 aromatic carbocycles. The van der Waals surface area contributed by atoms with Gasteiger partial charge in [-0.15, -0.1) is 24.8 Å². The largest absolute Gasteiger partial charge is 0.458 e. The van der Waals surface area contributed by atoms with Gasteiger partial charge in [-0.25, -0.2) is 13.2 Å². The van der Waals surface area contributed by atoms with Gasteiger partial charge in [0.25, 0.3) is 0 Å². The van der Waals surface area contributed by atoms with Crippen molar-refractivity contribution in [2.75, 3.05) is 37.6 Å². The average molecular weight is 504 g/mol. The van der Waals surface area contributed by atoms with E-state index >= 15 is 0 Å². The van der Waals surface area contributed by atoms with Crippen molar-refractivity contribution >= 4 is 52.4 Å². The number of piperazine rings is 1. The lowest BCUT2D eigenvalue weighted by Gasteiger charge is -2.36. The summed E-state index contributed by atoms with van der Waals surface area (Å²) in [6.45, 7) is 5.40. The zero-order chi connectivity index (χ0) is 21.7. The van der Waals surface area contributed by atoms with Gasteiger partial charge in [-0.3, -0.25) is 4.90 Å². The Morgan fingerprint density at radius 2 is 1.61 bits per heavy atom. The van der Waals surface area contributed by atoms with Crippen LogP contribution in [-0.2, 0) is 6.42 Å². The SMILES string of the molecule is Cc1oc2c(F)c(F)c(F)c(F)c2c1CCN1CCN(c2cccc3[nH]ccc23)CC1.Cl.Cl. The topological polar surface area (TPSA) is 35.4 Å². The predicted octanol–water partition coefficient (Wildman–Crippen LogP) is 5.99. The Hall–Kier alpha value is -2.42. The lowest BCUT2D eigenvalue weighted by Crippen LogP contribution is -2.47. The van der Waals surface area contributed by atoms with E-state index in [4.69, 9.17) is 4.42 Å². The van der Waals surface area contributed by atoms with Crippen molar-refractivity contribution in [1.29, 1.82) is 0 Å². The number of rotatable bonds is 4. The highest BCUT2D eigenvalue weighted by molar-refractivity contribution is 5.92. The third-order valence-corrected chi connectivity index (χ3v) is 6.17. The fourth-order valence-electron chi connectivity index (χ4n) is 4.50. The number of benzene rings is 2. The monoisotopic (exact) mass is 503 g/mol. The molecular formula is C23H23Cl2F4N3O. The molecule has 1 saturated heterocycles. The quantitative estimate of drug-likeness (QED) is 0.211. The number of aromatic amines is 1. The number of aromatic nitrogens is 1. The number of furan rings is 1. The number of anilines is 1. The third kappa shape index (κ3) is 4.27. The Labute approximate surface area is 200 Å². The van der Waals surface area contributed by atoms with Crippen molar-refractivity contribution in [3.8, 4) is 0 Å². The zero-order valence-electron chi connectivity index (χ0n) is 17.8. The molecule has 1 aliphatic heterocycles. The van der Waals surface area contributed by atoms with E-state index in [1.807, 2.05) is 18.3 Å². The molecule has 0 amide bonds. The molecule has 0 aliphatic carbocycles. The highest BCUT2D eigenvalue weighted by Crippen LogP contribution is 2.34. The molecule has 0 spiro atoms. The van der Waals surface area contributed by atoms with E-state index in [2.05, 4.69) is 26.9 Å². The molecule has 1 aliphatic rings. The average Bonchev–Trinajstić information content (AvgIpc) is 3.39. The Bertz CT molecular complexity index is 1280. The summed E-state index contributed by atoms with van der Waals surface area (Å²) >= 11 is 0. The molecule has 1 N–H and O–H groups in total. The normalized spacial score (nSPS) is 14.5. The van der Waals surface area contributed by atoms with Crippen LogP contribution in [-0.4, -0.2) is 42.6 Å². The minimum Gasteiger partial charge on any atom is -0.458 e. The van der Waals surface area contributed by atoms with Crippen molar-refractivity contribution in [3.63, 3.8) is 0 Å². The van der Waals surface area contributed by atoms with Gasteiger partial charge in [0.1, 0.15) is 5.76 Å². The fourth-order valence-corrected chi connectivity index (χ4v) is 4.50. The molecular weight excluding hydrogens is 481 g/mol. The number of nitrogens with zero attached hydrogens (tertiary/aromatic N) is 2. The molecule has 1 fully saturated rings. The first kappa shape index (κ1) is 25.2. The fraction of sp³-hybridized carbons (Fsp3) is 0.304. The number of H-pyrrole nitrogens is 1. The zero-order valence-corrected chi connectivity index (χ0v) is 19.4. The highest BCUT2D eigenvalue weighted by atomic mass is 35.5. The number of hydrogen-bond acceptors (Lipinski definition) is 3. The third-order valence-electron chi connectivity index (χ3n) is 6.17. The van der Waals surface area contributed by atoms with E-state index in [0.29, 0.717) is 18.5 Å². The molecule has 0 atom stereocenters. The van der Waals surface area contributed by atoms with Crippen LogP contribution in [0.2, 0.25) is 0 Å². The van der Waals surface area contributed by atoms with E-state index in [1.165, 1.54) is 11.1 Å². The Morgan fingerprint density at radius 3 is 2.33 bits per heavy atom. The van der Waals surface area contributed by atoms with Crippen molar-refractivity contribution in [1.82, 2.24) is 9.88 Å². The van der Waals surface area contributed by atoms with Crippen LogP contribution in [0.3, 0.4) is 0 Å². The number of halogens is 6. The van der Waals surface area contributed by atoms with Crippen LogP contribution in [0, 0.1) is 30.2 Å².